The van der Waals surface area contributed by atoms with Crippen molar-refractivity contribution in [3.63, 3.8) is 0 Å². The van der Waals surface area contributed by atoms with Gasteiger partial charge in [0.1, 0.15) is 23.1 Å². The topological polar surface area (TPSA) is 73.2 Å². The Kier molecular flexibility index (Phi) is 5.87. The number of para-hydroxylation sites is 1. The highest BCUT2D eigenvalue weighted by molar-refractivity contribution is 5.78. The Morgan fingerprint density at radius 3 is 2.40 bits per heavy atom. The molecular weight excluding hydrogens is 392 g/mol. The highest BCUT2D eigenvalue weighted by atomic mass is 19.1. The largest absolute Gasteiger partial charge is 0.444 e. The van der Waals surface area contributed by atoms with Crippen molar-refractivity contribution in [3.05, 3.63) is 70.3 Å². The number of nitrogens with one attached hydrogen (secondary N) is 1. The van der Waals surface area contributed by atoms with Crippen molar-refractivity contribution in [2.24, 2.45) is 0 Å². The minimum atomic E-state index is -0.829. The van der Waals surface area contributed by atoms with Crippen LogP contribution in [0, 0.1) is 11.6 Å². The van der Waals surface area contributed by atoms with Crippen LogP contribution in [0.3, 0.4) is 0 Å². The molecule has 1 unspecified atom stereocenters. The van der Waals surface area contributed by atoms with Gasteiger partial charge in [0, 0.05) is 6.07 Å². The van der Waals surface area contributed by atoms with Crippen molar-refractivity contribution in [1.29, 1.82) is 0 Å². The Bertz CT molecular complexity index is 1130. The van der Waals surface area contributed by atoms with Crippen LogP contribution in [0.1, 0.15) is 46.0 Å². The van der Waals surface area contributed by atoms with Crippen LogP contribution in [0.2, 0.25) is 0 Å². The van der Waals surface area contributed by atoms with E-state index in [2.05, 4.69) is 10.3 Å². The van der Waals surface area contributed by atoms with Gasteiger partial charge in [0.05, 0.1) is 22.6 Å². The van der Waals surface area contributed by atoms with Gasteiger partial charge in [0.25, 0.3) is 5.56 Å². The lowest BCUT2D eigenvalue weighted by Gasteiger charge is -2.24. The van der Waals surface area contributed by atoms with E-state index in [1.807, 2.05) is 0 Å². The first-order valence-corrected chi connectivity index (χ1v) is 9.56. The van der Waals surface area contributed by atoms with Crippen LogP contribution in [0.15, 0.2) is 47.3 Å². The zero-order valence-electron chi connectivity index (χ0n) is 17.2. The van der Waals surface area contributed by atoms with Crippen molar-refractivity contribution in [3.8, 4) is 5.69 Å². The van der Waals surface area contributed by atoms with E-state index in [0.717, 1.165) is 22.8 Å². The quantitative estimate of drug-likeness (QED) is 0.674. The second kappa shape index (κ2) is 8.22. The number of aromatic nitrogens is 2. The zero-order chi connectivity index (χ0) is 22.1. The van der Waals surface area contributed by atoms with Crippen molar-refractivity contribution in [2.45, 2.75) is 45.8 Å². The molecule has 3 aromatic rings. The Balaban J connectivity index is 2.21. The molecule has 0 aliphatic rings. The summed E-state index contributed by atoms with van der Waals surface area (Å²) >= 11 is 0. The number of hydrogen-bond acceptors (Lipinski definition) is 4. The van der Waals surface area contributed by atoms with Crippen LogP contribution in [0.4, 0.5) is 13.6 Å². The summed E-state index contributed by atoms with van der Waals surface area (Å²) in [5.74, 6) is -1.51. The van der Waals surface area contributed by atoms with Gasteiger partial charge in [-0.2, -0.15) is 0 Å². The first-order valence-electron chi connectivity index (χ1n) is 9.56. The maximum atomic E-state index is 13.9. The molecule has 0 spiro atoms. The molecular formula is C22H23F2N3O3. The first-order chi connectivity index (χ1) is 14.1. The summed E-state index contributed by atoms with van der Waals surface area (Å²) in [6.07, 6.45) is -0.323. The fraction of sp³-hybridized carbons (Fsp3) is 0.318. The van der Waals surface area contributed by atoms with Crippen molar-refractivity contribution in [2.75, 3.05) is 0 Å². The molecule has 0 saturated carbocycles. The summed E-state index contributed by atoms with van der Waals surface area (Å²) in [5, 5.41) is 2.99. The highest BCUT2D eigenvalue weighted by Crippen LogP contribution is 2.22. The predicted octanol–water partition coefficient (Wildman–Crippen LogP) is 4.64. The minimum absolute atomic E-state index is 0.0183. The van der Waals surface area contributed by atoms with Crippen molar-refractivity contribution < 1.29 is 18.3 Å². The molecule has 1 heterocycles. The molecule has 0 radical (unpaired) electrons. The summed E-state index contributed by atoms with van der Waals surface area (Å²) in [5.41, 5.74) is -0.819. The molecule has 8 heteroatoms. The lowest BCUT2D eigenvalue weighted by molar-refractivity contribution is 0.0499. The fourth-order valence-corrected chi connectivity index (χ4v) is 3.10. The number of hydrogen-bond donors (Lipinski definition) is 1. The van der Waals surface area contributed by atoms with Crippen molar-refractivity contribution >= 4 is 17.0 Å². The molecule has 0 fully saturated rings. The number of carbonyl (C=O) groups excluding carboxylic acids is 1. The van der Waals surface area contributed by atoms with Crippen LogP contribution >= 0.6 is 0 Å². The van der Waals surface area contributed by atoms with E-state index in [-0.39, 0.29) is 16.9 Å². The van der Waals surface area contributed by atoms with Crippen LogP contribution in [0.25, 0.3) is 16.6 Å². The maximum Gasteiger partial charge on any atom is 0.408 e. The molecule has 3 rings (SSSR count). The monoisotopic (exact) mass is 415 g/mol. The van der Waals surface area contributed by atoms with E-state index >= 15 is 0 Å². The molecule has 1 N–H and O–H groups in total. The standard InChI is InChI=1S/C22H23F2N3O3/c1-5-17(26-21(29)30-22(2,3)4)19-25-18-9-7-6-8-16(18)20(28)27(19)15-11-13(23)10-14(24)12-15/h6-12,17H,5H2,1-4H3,(H,26,29). The summed E-state index contributed by atoms with van der Waals surface area (Å²) in [7, 11) is 0. The predicted molar refractivity (Wildman–Crippen MR) is 110 cm³/mol. The molecule has 0 saturated heterocycles. The molecule has 2 aromatic carbocycles. The first kappa shape index (κ1) is 21.4. The molecule has 30 heavy (non-hydrogen) atoms. The van der Waals surface area contributed by atoms with Gasteiger partial charge in [0.2, 0.25) is 0 Å². The lowest BCUT2D eigenvalue weighted by Crippen LogP contribution is -2.37. The van der Waals surface area contributed by atoms with E-state index in [0.29, 0.717) is 11.9 Å². The SMILES string of the molecule is CCC(NC(=O)OC(C)(C)C)c1nc2ccccc2c(=O)n1-c1cc(F)cc(F)c1. The normalized spacial score (nSPS) is 12.6. The third-order valence-electron chi connectivity index (χ3n) is 4.32. The van der Waals surface area contributed by atoms with Crippen LogP contribution in [0.5, 0.6) is 0 Å². The number of fused-ring (bicyclic) bond motifs is 1. The maximum absolute atomic E-state index is 13.9. The zero-order valence-corrected chi connectivity index (χ0v) is 17.2. The van der Waals surface area contributed by atoms with Gasteiger partial charge in [-0.1, -0.05) is 19.1 Å². The molecule has 0 aliphatic carbocycles. The average Bonchev–Trinajstić information content (AvgIpc) is 2.63. The number of rotatable bonds is 4. The molecule has 1 atom stereocenters. The molecule has 0 aliphatic heterocycles. The van der Waals surface area contributed by atoms with E-state index in [4.69, 9.17) is 4.74 Å². The number of alkyl carbamates (subject to hydrolysis) is 1. The van der Waals surface area contributed by atoms with E-state index in [1.54, 1.807) is 52.0 Å². The second-order valence-electron chi connectivity index (χ2n) is 7.86. The number of halogens is 2. The fourth-order valence-electron chi connectivity index (χ4n) is 3.10. The summed E-state index contributed by atoms with van der Waals surface area (Å²) in [6, 6.07) is 8.74. The number of ether oxygens (including phenoxy) is 1. The lowest BCUT2D eigenvalue weighted by atomic mass is 10.1. The number of carbonyl (C=O) groups is 1. The van der Waals surface area contributed by atoms with Gasteiger partial charge >= 0.3 is 6.09 Å². The molecule has 6 nitrogen and oxygen atoms in total. The van der Waals surface area contributed by atoms with Crippen LogP contribution in [-0.2, 0) is 4.74 Å². The van der Waals surface area contributed by atoms with E-state index in [9.17, 15) is 18.4 Å². The number of benzene rings is 2. The minimum Gasteiger partial charge on any atom is -0.444 e. The Morgan fingerprint density at radius 2 is 1.80 bits per heavy atom. The van der Waals surface area contributed by atoms with Gasteiger partial charge in [-0.05, 0) is 51.5 Å². The Morgan fingerprint density at radius 1 is 1.17 bits per heavy atom. The van der Waals surface area contributed by atoms with Gasteiger partial charge in [0.15, 0.2) is 0 Å². The van der Waals surface area contributed by atoms with Gasteiger partial charge < -0.3 is 10.1 Å². The van der Waals surface area contributed by atoms with Crippen LogP contribution < -0.4 is 10.9 Å². The van der Waals surface area contributed by atoms with E-state index < -0.39 is 34.9 Å². The third kappa shape index (κ3) is 4.64. The highest BCUT2D eigenvalue weighted by Gasteiger charge is 2.25. The average molecular weight is 415 g/mol. The van der Waals surface area contributed by atoms with E-state index in [1.165, 1.54) is 0 Å². The molecule has 1 amide bonds. The third-order valence-corrected chi connectivity index (χ3v) is 4.32. The van der Waals surface area contributed by atoms with Gasteiger partial charge in [-0.3, -0.25) is 9.36 Å². The molecule has 0 bridgehead atoms. The molecule has 158 valence electrons. The van der Waals surface area contributed by atoms with Gasteiger partial charge in [-0.25, -0.2) is 18.6 Å². The van der Waals surface area contributed by atoms with Gasteiger partial charge in [-0.15, -0.1) is 0 Å². The number of nitrogens with zero attached hydrogens (tertiary/aromatic N) is 2. The summed E-state index contributed by atoms with van der Waals surface area (Å²) in [6.45, 7) is 6.98. The summed E-state index contributed by atoms with van der Waals surface area (Å²) in [4.78, 5) is 30.1. The molecule has 1 aromatic heterocycles. The Labute approximate surface area is 172 Å². The van der Waals surface area contributed by atoms with Crippen LogP contribution in [-0.4, -0.2) is 21.2 Å². The smallest absolute Gasteiger partial charge is 0.408 e. The van der Waals surface area contributed by atoms with Crippen molar-refractivity contribution in [1.82, 2.24) is 14.9 Å². The number of amides is 1. The Hall–Kier alpha value is -3.29. The second-order valence-corrected chi connectivity index (χ2v) is 7.86. The summed E-state index contributed by atoms with van der Waals surface area (Å²) < 4.78 is 34.2.